The van der Waals surface area contributed by atoms with E-state index in [1.54, 1.807) is 0 Å². The first-order chi connectivity index (χ1) is 8.66. The van der Waals surface area contributed by atoms with Crippen LogP contribution in [0.15, 0.2) is 12.1 Å². The van der Waals surface area contributed by atoms with Gasteiger partial charge in [-0.3, -0.25) is 0 Å². The number of halogens is 1. The highest BCUT2D eigenvalue weighted by atomic mass is 35.5. The lowest BCUT2D eigenvalue weighted by Gasteiger charge is -2.33. The van der Waals surface area contributed by atoms with Gasteiger partial charge in [-0.2, -0.15) is 0 Å². The Morgan fingerprint density at radius 2 is 2.22 bits per heavy atom. The summed E-state index contributed by atoms with van der Waals surface area (Å²) >= 11 is 6.16. The maximum absolute atomic E-state index is 6.41. The Morgan fingerprint density at radius 1 is 1.33 bits per heavy atom. The van der Waals surface area contributed by atoms with E-state index in [1.807, 2.05) is 12.1 Å². The van der Waals surface area contributed by atoms with Gasteiger partial charge in [-0.05, 0) is 42.5 Å². The molecule has 2 N–H and O–H groups in total. The fraction of sp³-hybridized carbons (Fsp3) is 0.571. The summed E-state index contributed by atoms with van der Waals surface area (Å²) in [4.78, 5) is 0. The lowest BCUT2D eigenvalue weighted by molar-refractivity contribution is 0.0380. The zero-order valence-corrected chi connectivity index (χ0v) is 11.1. The van der Waals surface area contributed by atoms with E-state index >= 15 is 0 Å². The summed E-state index contributed by atoms with van der Waals surface area (Å²) in [5, 5.41) is 0.773. The molecular weight excluding hydrogens is 250 g/mol. The van der Waals surface area contributed by atoms with Gasteiger partial charge in [0.1, 0.15) is 5.75 Å². The Hall–Kier alpha value is -0.770. The third-order valence-electron chi connectivity index (χ3n) is 3.72. The first-order valence-electron chi connectivity index (χ1n) is 6.47. The molecule has 0 radical (unpaired) electrons. The van der Waals surface area contributed by atoms with Crippen LogP contribution in [0.4, 0.5) is 0 Å². The zero-order chi connectivity index (χ0) is 12.6. The van der Waals surface area contributed by atoms with Crippen LogP contribution in [0.25, 0.3) is 0 Å². The molecule has 1 atom stereocenters. The van der Waals surface area contributed by atoms with Gasteiger partial charge in [-0.15, -0.1) is 0 Å². The first-order valence-corrected chi connectivity index (χ1v) is 6.85. The van der Waals surface area contributed by atoms with Gasteiger partial charge in [-0.1, -0.05) is 11.6 Å². The van der Waals surface area contributed by atoms with Gasteiger partial charge in [0.2, 0.25) is 0 Å². The SMILES string of the molecule is NC1(Cc2cc(Cl)cc3c2OCC3)CCCOC1. The quantitative estimate of drug-likeness (QED) is 0.894. The van der Waals surface area contributed by atoms with Crippen LogP contribution in [0.2, 0.25) is 5.02 Å². The smallest absolute Gasteiger partial charge is 0.125 e. The molecule has 98 valence electrons. The predicted molar refractivity (Wildman–Crippen MR) is 71.3 cm³/mol. The second-order valence-electron chi connectivity index (χ2n) is 5.35. The average molecular weight is 268 g/mol. The minimum Gasteiger partial charge on any atom is -0.493 e. The molecule has 4 heteroatoms. The van der Waals surface area contributed by atoms with Crippen LogP contribution in [-0.4, -0.2) is 25.4 Å². The van der Waals surface area contributed by atoms with Crippen LogP contribution in [0.5, 0.6) is 5.75 Å². The number of benzene rings is 1. The highest BCUT2D eigenvalue weighted by Crippen LogP contribution is 2.35. The van der Waals surface area contributed by atoms with Gasteiger partial charge in [-0.25, -0.2) is 0 Å². The Morgan fingerprint density at radius 3 is 3.00 bits per heavy atom. The fourth-order valence-corrected chi connectivity index (χ4v) is 3.13. The standard InChI is InChI=1S/C14H18ClNO2/c15-12-6-10-2-5-18-13(10)11(7-12)8-14(16)3-1-4-17-9-14/h6-7H,1-5,8-9,16H2. The van der Waals surface area contributed by atoms with Crippen molar-refractivity contribution < 1.29 is 9.47 Å². The maximum Gasteiger partial charge on any atom is 0.125 e. The molecule has 1 aromatic carbocycles. The lowest BCUT2D eigenvalue weighted by Crippen LogP contribution is -2.49. The third kappa shape index (κ3) is 2.35. The summed E-state index contributed by atoms with van der Waals surface area (Å²) in [6.45, 7) is 2.19. The van der Waals surface area contributed by atoms with Gasteiger partial charge >= 0.3 is 0 Å². The van der Waals surface area contributed by atoms with E-state index in [0.717, 1.165) is 55.2 Å². The monoisotopic (exact) mass is 267 g/mol. The number of fused-ring (bicyclic) bond motifs is 1. The van der Waals surface area contributed by atoms with Crippen molar-refractivity contribution in [2.75, 3.05) is 19.8 Å². The number of hydrogen-bond acceptors (Lipinski definition) is 3. The second-order valence-corrected chi connectivity index (χ2v) is 5.78. The minimum atomic E-state index is -0.275. The van der Waals surface area contributed by atoms with E-state index < -0.39 is 0 Å². The second kappa shape index (κ2) is 4.72. The highest BCUT2D eigenvalue weighted by molar-refractivity contribution is 6.30. The number of ether oxygens (including phenoxy) is 2. The molecule has 3 rings (SSSR count). The molecule has 0 spiro atoms. The molecule has 0 bridgehead atoms. The summed E-state index contributed by atoms with van der Waals surface area (Å²) in [7, 11) is 0. The molecule has 3 nitrogen and oxygen atoms in total. The van der Waals surface area contributed by atoms with Crippen LogP contribution >= 0.6 is 11.6 Å². The van der Waals surface area contributed by atoms with Crippen molar-refractivity contribution >= 4 is 11.6 Å². The number of hydrogen-bond donors (Lipinski definition) is 1. The van der Waals surface area contributed by atoms with E-state index in [-0.39, 0.29) is 5.54 Å². The molecule has 2 aliphatic heterocycles. The van der Waals surface area contributed by atoms with Crippen LogP contribution < -0.4 is 10.5 Å². The Balaban J connectivity index is 1.88. The summed E-state index contributed by atoms with van der Waals surface area (Å²) in [5.74, 6) is 0.995. The minimum absolute atomic E-state index is 0.275. The summed E-state index contributed by atoms with van der Waals surface area (Å²) in [5.41, 5.74) is 8.47. The molecule has 1 aromatic rings. The van der Waals surface area contributed by atoms with E-state index in [9.17, 15) is 0 Å². The van der Waals surface area contributed by atoms with Crippen molar-refractivity contribution in [2.45, 2.75) is 31.2 Å². The van der Waals surface area contributed by atoms with Crippen LogP contribution in [0.1, 0.15) is 24.0 Å². The largest absolute Gasteiger partial charge is 0.493 e. The van der Waals surface area contributed by atoms with E-state index in [2.05, 4.69) is 0 Å². The summed E-state index contributed by atoms with van der Waals surface area (Å²) in [6, 6.07) is 3.98. The van der Waals surface area contributed by atoms with Crippen molar-refractivity contribution in [2.24, 2.45) is 5.73 Å². The fourth-order valence-electron chi connectivity index (χ4n) is 2.87. The van der Waals surface area contributed by atoms with Gasteiger partial charge in [0, 0.05) is 23.6 Å². The Labute approximate surface area is 112 Å². The third-order valence-corrected chi connectivity index (χ3v) is 3.94. The molecule has 0 aromatic heterocycles. The molecular formula is C14H18ClNO2. The highest BCUT2D eigenvalue weighted by Gasteiger charge is 2.31. The van der Waals surface area contributed by atoms with Crippen molar-refractivity contribution in [3.63, 3.8) is 0 Å². The van der Waals surface area contributed by atoms with E-state index in [0.29, 0.717) is 6.61 Å². The van der Waals surface area contributed by atoms with Crippen molar-refractivity contribution in [1.29, 1.82) is 0 Å². The number of rotatable bonds is 2. The molecule has 1 fully saturated rings. The molecule has 0 saturated carbocycles. The molecule has 1 unspecified atom stereocenters. The normalized spacial score (nSPS) is 26.8. The van der Waals surface area contributed by atoms with Crippen LogP contribution in [0.3, 0.4) is 0 Å². The topological polar surface area (TPSA) is 44.5 Å². The first kappa shape index (κ1) is 12.3. The van der Waals surface area contributed by atoms with Gasteiger partial charge in [0.25, 0.3) is 0 Å². The van der Waals surface area contributed by atoms with Crippen molar-refractivity contribution in [3.8, 4) is 5.75 Å². The average Bonchev–Trinajstić information content (AvgIpc) is 2.77. The zero-order valence-electron chi connectivity index (χ0n) is 10.4. The molecule has 1 saturated heterocycles. The molecule has 2 aliphatic rings. The molecule has 18 heavy (non-hydrogen) atoms. The number of nitrogens with two attached hydrogens (primary N) is 1. The van der Waals surface area contributed by atoms with E-state index in [1.165, 1.54) is 5.56 Å². The van der Waals surface area contributed by atoms with E-state index in [4.69, 9.17) is 26.8 Å². The molecule has 0 aliphatic carbocycles. The van der Waals surface area contributed by atoms with Gasteiger partial charge in [0.05, 0.1) is 13.2 Å². The Kier molecular flexibility index (Phi) is 3.22. The molecule has 2 heterocycles. The van der Waals surface area contributed by atoms with Gasteiger partial charge < -0.3 is 15.2 Å². The molecule has 0 amide bonds. The lowest BCUT2D eigenvalue weighted by atomic mass is 9.86. The summed E-state index contributed by atoms with van der Waals surface area (Å²) in [6.07, 6.45) is 3.74. The van der Waals surface area contributed by atoms with Crippen LogP contribution in [-0.2, 0) is 17.6 Å². The Bertz CT molecular complexity index is 455. The van der Waals surface area contributed by atoms with Crippen molar-refractivity contribution in [3.05, 3.63) is 28.3 Å². The van der Waals surface area contributed by atoms with Gasteiger partial charge in [0.15, 0.2) is 0 Å². The predicted octanol–water partition coefficient (Wildman–Crippen LogP) is 2.33. The van der Waals surface area contributed by atoms with Crippen LogP contribution in [0, 0.1) is 0 Å². The summed E-state index contributed by atoms with van der Waals surface area (Å²) < 4.78 is 11.2. The maximum atomic E-state index is 6.41. The van der Waals surface area contributed by atoms with Crippen molar-refractivity contribution in [1.82, 2.24) is 0 Å².